The molecule has 0 radical (unpaired) electrons. The molecule has 2 amide bonds. The zero-order valence-electron chi connectivity index (χ0n) is 17.5. The molecule has 158 valence electrons. The lowest BCUT2D eigenvalue weighted by atomic mass is 10.0. The van der Waals surface area contributed by atoms with Gasteiger partial charge in [-0.1, -0.05) is 29.8 Å². The van der Waals surface area contributed by atoms with E-state index in [1.54, 1.807) is 17.0 Å². The van der Waals surface area contributed by atoms with Gasteiger partial charge in [-0.3, -0.25) is 14.5 Å². The molecule has 2 aromatic carbocycles. The largest absolute Gasteiger partial charge is 0.379 e. The molecule has 30 heavy (non-hydrogen) atoms. The molecular formula is C24H29N3O3. The second kappa shape index (κ2) is 9.41. The summed E-state index contributed by atoms with van der Waals surface area (Å²) in [5.41, 5.74) is 3.89. The van der Waals surface area contributed by atoms with Gasteiger partial charge in [-0.05, 0) is 43.2 Å². The number of carbonyl (C=O) groups excluding carboxylic acids is 2. The van der Waals surface area contributed by atoms with Gasteiger partial charge >= 0.3 is 0 Å². The smallest absolute Gasteiger partial charge is 0.251 e. The molecule has 6 nitrogen and oxygen atoms in total. The summed E-state index contributed by atoms with van der Waals surface area (Å²) in [7, 11) is 0. The van der Waals surface area contributed by atoms with Gasteiger partial charge in [0.05, 0.1) is 19.3 Å². The summed E-state index contributed by atoms with van der Waals surface area (Å²) in [6.07, 6.45) is 1.49. The van der Waals surface area contributed by atoms with Gasteiger partial charge in [0.25, 0.3) is 5.91 Å². The third kappa shape index (κ3) is 4.71. The fourth-order valence-electron chi connectivity index (χ4n) is 4.23. The first-order valence-corrected chi connectivity index (χ1v) is 10.7. The van der Waals surface area contributed by atoms with Crippen LogP contribution in [-0.4, -0.2) is 56.1 Å². The summed E-state index contributed by atoms with van der Waals surface area (Å²) in [6, 6.07) is 15.9. The van der Waals surface area contributed by atoms with Crippen molar-refractivity contribution in [2.75, 3.05) is 44.3 Å². The van der Waals surface area contributed by atoms with Crippen molar-refractivity contribution in [1.29, 1.82) is 0 Å². The van der Waals surface area contributed by atoms with E-state index in [4.69, 9.17) is 4.74 Å². The molecule has 4 rings (SSSR count). The lowest BCUT2D eigenvalue weighted by Crippen LogP contribution is -2.43. The third-order valence-electron chi connectivity index (χ3n) is 5.88. The number of hydrogen-bond donors (Lipinski definition) is 1. The maximum atomic E-state index is 12.8. The van der Waals surface area contributed by atoms with E-state index < -0.39 is 0 Å². The van der Waals surface area contributed by atoms with Gasteiger partial charge in [-0.15, -0.1) is 0 Å². The quantitative estimate of drug-likeness (QED) is 0.800. The summed E-state index contributed by atoms with van der Waals surface area (Å²) in [4.78, 5) is 28.9. The number of aryl methyl sites for hydroxylation is 1. The molecule has 2 saturated heterocycles. The van der Waals surface area contributed by atoms with Gasteiger partial charge in [0, 0.05) is 43.9 Å². The van der Waals surface area contributed by atoms with Crippen molar-refractivity contribution in [1.82, 2.24) is 10.2 Å². The minimum absolute atomic E-state index is 0.0970. The zero-order valence-corrected chi connectivity index (χ0v) is 17.5. The van der Waals surface area contributed by atoms with Crippen molar-refractivity contribution in [3.63, 3.8) is 0 Å². The number of nitrogens with zero attached hydrogens (tertiary/aromatic N) is 2. The van der Waals surface area contributed by atoms with Crippen LogP contribution >= 0.6 is 0 Å². The number of benzene rings is 2. The maximum Gasteiger partial charge on any atom is 0.251 e. The number of nitrogens with one attached hydrogen (secondary N) is 1. The highest BCUT2D eigenvalue weighted by Gasteiger charge is 2.24. The van der Waals surface area contributed by atoms with Crippen LogP contribution in [0, 0.1) is 6.92 Å². The van der Waals surface area contributed by atoms with Crippen molar-refractivity contribution in [2.24, 2.45) is 0 Å². The lowest BCUT2D eigenvalue weighted by molar-refractivity contribution is -0.117. The highest BCUT2D eigenvalue weighted by Crippen LogP contribution is 2.23. The average molecular weight is 408 g/mol. The molecule has 2 aliphatic heterocycles. The van der Waals surface area contributed by atoms with Crippen molar-refractivity contribution in [3.05, 3.63) is 65.2 Å². The molecular weight excluding hydrogens is 378 g/mol. The Morgan fingerprint density at radius 3 is 2.53 bits per heavy atom. The zero-order chi connectivity index (χ0) is 20.9. The third-order valence-corrected chi connectivity index (χ3v) is 5.88. The van der Waals surface area contributed by atoms with Gasteiger partial charge in [0.1, 0.15) is 0 Å². The Morgan fingerprint density at radius 1 is 1.10 bits per heavy atom. The van der Waals surface area contributed by atoms with Crippen molar-refractivity contribution in [3.8, 4) is 0 Å². The Kier molecular flexibility index (Phi) is 6.45. The van der Waals surface area contributed by atoms with Crippen molar-refractivity contribution in [2.45, 2.75) is 25.8 Å². The first-order chi connectivity index (χ1) is 14.6. The normalized spacial score (nSPS) is 18.4. The summed E-state index contributed by atoms with van der Waals surface area (Å²) in [5, 5.41) is 3.11. The maximum absolute atomic E-state index is 12.8. The van der Waals surface area contributed by atoms with E-state index in [1.807, 2.05) is 12.1 Å². The van der Waals surface area contributed by atoms with E-state index in [0.717, 1.165) is 31.7 Å². The molecule has 1 unspecified atom stereocenters. The number of morpholine rings is 1. The predicted octanol–water partition coefficient (Wildman–Crippen LogP) is 2.93. The minimum Gasteiger partial charge on any atom is -0.379 e. The van der Waals surface area contributed by atoms with Crippen LogP contribution < -0.4 is 10.2 Å². The molecule has 0 aliphatic carbocycles. The number of rotatable bonds is 6. The van der Waals surface area contributed by atoms with E-state index in [1.165, 1.54) is 11.1 Å². The van der Waals surface area contributed by atoms with Gasteiger partial charge in [0.2, 0.25) is 5.91 Å². The first kappa shape index (κ1) is 20.6. The van der Waals surface area contributed by atoms with Crippen LogP contribution in [0.1, 0.15) is 40.4 Å². The number of hydrogen-bond acceptors (Lipinski definition) is 4. The Balaban J connectivity index is 1.43. The highest BCUT2D eigenvalue weighted by atomic mass is 16.5. The predicted molar refractivity (Wildman–Crippen MR) is 117 cm³/mol. The monoisotopic (exact) mass is 407 g/mol. The lowest BCUT2D eigenvalue weighted by Gasteiger charge is -2.35. The fourth-order valence-corrected chi connectivity index (χ4v) is 4.23. The summed E-state index contributed by atoms with van der Waals surface area (Å²) >= 11 is 0. The topological polar surface area (TPSA) is 61.9 Å². The van der Waals surface area contributed by atoms with Crippen LogP contribution in [0.25, 0.3) is 0 Å². The molecule has 0 spiro atoms. The Hall–Kier alpha value is -2.70. The highest BCUT2D eigenvalue weighted by molar-refractivity contribution is 5.97. The van der Waals surface area contributed by atoms with Crippen LogP contribution in [0.3, 0.4) is 0 Å². The van der Waals surface area contributed by atoms with E-state index in [0.29, 0.717) is 31.7 Å². The van der Waals surface area contributed by atoms with Crippen LogP contribution in [0.4, 0.5) is 5.69 Å². The molecule has 6 heteroatoms. The van der Waals surface area contributed by atoms with Crippen molar-refractivity contribution < 1.29 is 14.3 Å². The Labute approximate surface area is 177 Å². The van der Waals surface area contributed by atoms with Crippen LogP contribution in [-0.2, 0) is 9.53 Å². The molecule has 1 N–H and O–H groups in total. The molecule has 0 bridgehead atoms. The molecule has 2 aliphatic rings. The van der Waals surface area contributed by atoms with E-state index >= 15 is 0 Å². The van der Waals surface area contributed by atoms with E-state index in [9.17, 15) is 9.59 Å². The van der Waals surface area contributed by atoms with Crippen LogP contribution in [0.15, 0.2) is 48.5 Å². The van der Waals surface area contributed by atoms with Gasteiger partial charge in [-0.2, -0.15) is 0 Å². The second-order valence-electron chi connectivity index (χ2n) is 7.98. The fraction of sp³-hybridized carbons (Fsp3) is 0.417. The van der Waals surface area contributed by atoms with E-state index in [2.05, 4.69) is 41.4 Å². The molecule has 2 heterocycles. The number of amides is 2. The number of ether oxygens (including phenoxy) is 1. The number of carbonyl (C=O) groups is 2. The molecule has 0 aromatic heterocycles. The molecule has 2 fully saturated rings. The summed E-state index contributed by atoms with van der Waals surface area (Å²) < 4.78 is 5.51. The van der Waals surface area contributed by atoms with Gasteiger partial charge < -0.3 is 15.0 Å². The van der Waals surface area contributed by atoms with Crippen molar-refractivity contribution >= 4 is 17.5 Å². The Bertz CT molecular complexity index is 891. The molecule has 0 saturated carbocycles. The standard InChI is InChI=1S/C24H29N3O3/c1-18-4-2-5-20(16-18)22(26-12-14-30-15-13-26)17-25-24(29)19-7-9-21(10-8-19)27-11-3-6-23(27)28/h2,4-5,7-10,16,22H,3,6,11-15,17H2,1H3,(H,25,29). The summed E-state index contributed by atoms with van der Waals surface area (Å²) in [6.45, 7) is 6.52. The van der Waals surface area contributed by atoms with E-state index in [-0.39, 0.29) is 17.9 Å². The SMILES string of the molecule is Cc1cccc(C(CNC(=O)c2ccc(N3CCCC3=O)cc2)N2CCOCC2)c1. The van der Waals surface area contributed by atoms with Gasteiger partial charge in [-0.25, -0.2) is 0 Å². The first-order valence-electron chi connectivity index (χ1n) is 10.7. The Morgan fingerprint density at radius 2 is 1.87 bits per heavy atom. The average Bonchev–Trinajstić information content (AvgIpc) is 3.20. The summed E-state index contributed by atoms with van der Waals surface area (Å²) in [5.74, 6) is 0.0546. The second-order valence-corrected chi connectivity index (χ2v) is 7.98. The van der Waals surface area contributed by atoms with Crippen LogP contribution in [0.5, 0.6) is 0 Å². The van der Waals surface area contributed by atoms with Gasteiger partial charge in [0.15, 0.2) is 0 Å². The number of anilines is 1. The molecule has 1 atom stereocenters. The van der Waals surface area contributed by atoms with Crippen LogP contribution in [0.2, 0.25) is 0 Å². The molecule has 2 aromatic rings. The minimum atomic E-state index is -0.0970.